The Morgan fingerprint density at radius 2 is 2.12 bits per heavy atom. The van der Waals surface area contributed by atoms with Gasteiger partial charge in [-0.15, -0.1) is 0 Å². The van der Waals surface area contributed by atoms with Crippen LogP contribution in [0.25, 0.3) is 0 Å². The van der Waals surface area contributed by atoms with Crippen molar-refractivity contribution >= 4 is 27.5 Å². The summed E-state index contributed by atoms with van der Waals surface area (Å²) < 4.78 is 27.3. The number of hydrogen-bond acceptors (Lipinski definition) is 5. The number of piperidine rings is 1. The van der Waals surface area contributed by atoms with Gasteiger partial charge >= 0.3 is 0 Å². The molecule has 1 aromatic carbocycles. The van der Waals surface area contributed by atoms with Gasteiger partial charge in [-0.1, -0.05) is 11.6 Å². The molecule has 2 aliphatic heterocycles. The molecule has 1 amide bonds. The van der Waals surface area contributed by atoms with Crippen molar-refractivity contribution in [2.75, 3.05) is 32.7 Å². The quantitative estimate of drug-likeness (QED) is 0.834. The minimum atomic E-state index is -3.73. The van der Waals surface area contributed by atoms with Gasteiger partial charge < -0.3 is 10.2 Å². The second-order valence-electron chi connectivity index (χ2n) is 6.18. The molecule has 2 heterocycles. The molecule has 1 unspecified atom stereocenters. The maximum atomic E-state index is 12.9. The first kappa shape index (κ1) is 18.1. The van der Waals surface area contributed by atoms with Crippen LogP contribution in [0.4, 0.5) is 0 Å². The van der Waals surface area contributed by atoms with Crippen LogP contribution in [0.15, 0.2) is 23.1 Å². The third-order valence-corrected chi connectivity index (χ3v) is 6.81. The van der Waals surface area contributed by atoms with Crippen LogP contribution in [-0.4, -0.2) is 62.3 Å². The van der Waals surface area contributed by atoms with Crippen molar-refractivity contribution in [1.82, 2.24) is 14.5 Å². The lowest BCUT2D eigenvalue weighted by molar-refractivity contribution is -0.135. The van der Waals surface area contributed by atoms with E-state index in [-0.39, 0.29) is 34.0 Å². The summed E-state index contributed by atoms with van der Waals surface area (Å²) in [6.45, 7) is 2.29. The van der Waals surface area contributed by atoms with Crippen LogP contribution in [0.5, 0.6) is 0 Å². The van der Waals surface area contributed by atoms with Crippen molar-refractivity contribution in [2.45, 2.75) is 23.8 Å². The summed E-state index contributed by atoms with van der Waals surface area (Å²) in [7, 11) is -3.73. The van der Waals surface area contributed by atoms with Crippen LogP contribution in [0.3, 0.4) is 0 Å². The number of carbonyl (C=O) groups excluding carboxylic acids is 1. The third kappa shape index (κ3) is 3.65. The van der Waals surface area contributed by atoms with Crippen molar-refractivity contribution in [3.8, 4) is 6.07 Å². The minimum absolute atomic E-state index is 0.00811. The van der Waals surface area contributed by atoms with Crippen LogP contribution in [0, 0.1) is 11.3 Å². The molecule has 7 nitrogen and oxygen atoms in total. The third-order valence-electron chi connectivity index (χ3n) is 4.62. The summed E-state index contributed by atoms with van der Waals surface area (Å²) in [5.41, 5.74) is 0.133. The summed E-state index contributed by atoms with van der Waals surface area (Å²) in [6, 6.07) is 5.93. The molecule has 1 N–H and O–H groups in total. The molecule has 0 bridgehead atoms. The molecular formula is C16H19ClN4O3S. The minimum Gasteiger partial charge on any atom is -0.336 e. The van der Waals surface area contributed by atoms with Crippen molar-refractivity contribution in [1.29, 1.82) is 5.26 Å². The average molecular weight is 383 g/mol. The Morgan fingerprint density at radius 1 is 1.32 bits per heavy atom. The molecule has 0 spiro atoms. The van der Waals surface area contributed by atoms with E-state index in [0.29, 0.717) is 26.1 Å². The van der Waals surface area contributed by atoms with Gasteiger partial charge in [-0.3, -0.25) is 4.79 Å². The summed E-state index contributed by atoms with van der Waals surface area (Å²) in [6.07, 6.45) is 1.49. The van der Waals surface area contributed by atoms with Gasteiger partial charge in [0.25, 0.3) is 0 Å². The number of amides is 1. The molecule has 0 aliphatic carbocycles. The normalized spacial score (nSPS) is 22.6. The van der Waals surface area contributed by atoms with Gasteiger partial charge in [-0.2, -0.15) is 9.57 Å². The zero-order chi connectivity index (χ0) is 18.0. The van der Waals surface area contributed by atoms with E-state index in [4.69, 9.17) is 16.9 Å². The summed E-state index contributed by atoms with van der Waals surface area (Å²) in [5, 5.41) is 12.3. The number of halogens is 1. The number of nitrogens with one attached hydrogen (secondary N) is 1. The first-order valence-corrected chi connectivity index (χ1v) is 9.95. The predicted octanol–water partition coefficient (Wildman–Crippen LogP) is 0.797. The molecule has 1 aromatic rings. The number of hydrogen-bond donors (Lipinski definition) is 1. The van der Waals surface area contributed by atoms with Crippen LogP contribution < -0.4 is 5.32 Å². The summed E-state index contributed by atoms with van der Waals surface area (Å²) in [4.78, 5) is 13.9. The highest BCUT2D eigenvalue weighted by molar-refractivity contribution is 7.89. The average Bonchev–Trinajstić information content (AvgIpc) is 2.62. The van der Waals surface area contributed by atoms with Gasteiger partial charge in [0, 0.05) is 32.2 Å². The predicted molar refractivity (Wildman–Crippen MR) is 92.5 cm³/mol. The van der Waals surface area contributed by atoms with Gasteiger partial charge in [0.2, 0.25) is 15.9 Å². The lowest BCUT2D eigenvalue weighted by atomic mass is 10.1. The van der Waals surface area contributed by atoms with Crippen LogP contribution in [0.2, 0.25) is 5.02 Å². The first-order chi connectivity index (χ1) is 11.9. The molecule has 9 heteroatoms. The van der Waals surface area contributed by atoms with E-state index in [1.807, 2.05) is 6.07 Å². The smallest absolute Gasteiger partial charge is 0.243 e. The van der Waals surface area contributed by atoms with E-state index in [1.54, 1.807) is 4.90 Å². The molecule has 2 fully saturated rings. The molecule has 25 heavy (non-hydrogen) atoms. The van der Waals surface area contributed by atoms with Crippen LogP contribution >= 0.6 is 11.6 Å². The maximum absolute atomic E-state index is 12.9. The van der Waals surface area contributed by atoms with Crippen molar-refractivity contribution in [3.63, 3.8) is 0 Å². The molecule has 0 aromatic heterocycles. The molecule has 2 saturated heterocycles. The Morgan fingerprint density at radius 3 is 2.84 bits per heavy atom. The number of piperazine rings is 1. The van der Waals surface area contributed by atoms with Crippen LogP contribution in [0.1, 0.15) is 18.4 Å². The largest absolute Gasteiger partial charge is 0.336 e. The number of nitriles is 1. The lowest BCUT2D eigenvalue weighted by Gasteiger charge is -2.40. The monoisotopic (exact) mass is 382 g/mol. The first-order valence-electron chi connectivity index (χ1n) is 8.13. The fraction of sp³-hybridized carbons (Fsp3) is 0.500. The van der Waals surface area contributed by atoms with Crippen molar-refractivity contribution in [2.24, 2.45) is 0 Å². The SMILES string of the molecule is N#Cc1cc(S(=O)(=O)N2CCCC(N3CCNCC3=O)C2)ccc1Cl. The van der Waals surface area contributed by atoms with Gasteiger partial charge in [0.15, 0.2) is 0 Å². The summed E-state index contributed by atoms with van der Waals surface area (Å²) in [5.74, 6) is 0.00811. The topological polar surface area (TPSA) is 93.5 Å². The Kier molecular flexibility index (Phi) is 5.29. The van der Waals surface area contributed by atoms with E-state index in [9.17, 15) is 13.2 Å². The highest BCUT2D eigenvalue weighted by Gasteiger charge is 2.35. The fourth-order valence-electron chi connectivity index (χ4n) is 3.30. The Balaban J connectivity index is 1.82. The second-order valence-corrected chi connectivity index (χ2v) is 8.52. The Bertz CT molecular complexity index is 821. The number of rotatable bonds is 3. The van der Waals surface area contributed by atoms with Gasteiger partial charge in [-0.05, 0) is 31.0 Å². The molecule has 0 saturated carbocycles. The van der Waals surface area contributed by atoms with Gasteiger partial charge in [0.05, 0.1) is 22.0 Å². The Labute approximate surface area is 152 Å². The lowest BCUT2D eigenvalue weighted by Crippen LogP contribution is -2.57. The van der Waals surface area contributed by atoms with E-state index >= 15 is 0 Å². The number of nitrogens with zero attached hydrogens (tertiary/aromatic N) is 3. The van der Waals surface area contributed by atoms with Crippen molar-refractivity contribution < 1.29 is 13.2 Å². The molecule has 134 valence electrons. The number of sulfonamides is 1. The van der Waals surface area contributed by atoms with E-state index in [1.165, 1.54) is 22.5 Å². The second kappa shape index (κ2) is 7.30. The van der Waals surface area contributed by atoms with Gasteiger partial charge in [0.1, 0.15) is 6.07 Å². The fourth-order valence-corrected chi connectivity index (χ4v) is 5.00. The maximum Gasteiger partial charge on any atom is 0.243 e. The van der Waals surface area contributed by atoms with Gasteiger partial charge in [-0.25, -0.2) is 8.42 Å². The Hall–Kier alpha value is -1.66. The molecule has 2 aliphatic rings. The molecule has 1 atom stereocenters. The molecular weight excluding hydrogens is 364 g/mol. The van der Waals surface area contributed by atoms with Crippen LogP contribution in [-0.2, 0) is 14.8 Å². The zero-order valence-electron chi connectivity index (χ0n) is 13.6. The molecule has 0 radical (unpaired) electrons. The van der Waals surface area contributed by atoms with E-state index in [2.05, 4.69) is 5.32 Å². The van der Waals surface area contributed by atoms with E-state index < -0.39 is 10.0 Å². The standard InChI is InChI=1S/C16H19ClN4O3S/c17-15-4-3-14(8-12(15)9-18)25(23,24)20-6-1-2-13(11-20)21-7-5-19-10-16(21)22/h3-4,8,13,19H,1-2,5-7,10-11H2. The van der Waals surface area contributed by atoms with Crippen molar-refractivity contribution in [3.05, 3.63) is 28.8 Å². The highest BCUT2D eigenvalue weighted by Crippen LogP contribution is 2.26. The number of carbonyl (C=O) groups is 1. The molecule has 3 rings (SSSR count). The van der Waals surface area contributed by atoms with E-state index in [0.717, 1.165) is 13.0 Å². The highest BCUT2D eigenvalue weighted by atomic mass is 35.5. The number of benzene rings is 1. The zero-order valence-corrected chi connectivity index (χ0v) is 15.2. The summed E-state index contributed by atoms with van der Waals surface area (Å²) >= 11 is 5.89.